The van der Waals surface area contributed by atoms with Crippen molar-refractivity contribution in [2.24, 2.45) is 0 Å². The van der Waals surface area contributed by atoms with Crippen LogP contribution in [0.15, 0.2) is 103 Å². The van der Waals surface area contributed by atoms with Crippen molar-refractivity contribution in [1.82, 2.24) is 0 Å². The molecule has 192 valence electrons. The molecule has 38 heavy (non-hydrogen) atoms. The summed E-state index contributed by atoms with van der Waals surface area (Å²) in [7, 11) is 1.59. The van der Waals surface area contributed by atoms with E-state index in [1.54, 1.807) is 48.4 Å². The lowest BCUT2D eigenvalue weighted by Crippen LogP contribution is -2.52. The van der Waals surface area contributed by atoms with Crippen molar-refractivity contribution in [2.45, 2.75) is 38.3 Å². The smallest absolute Gasteiger partial charge is 0.259 e. The van der Waals surface area contributed by atoms with E-state index in [2.05, 4.69) is 6.92 Å². The molecule has 1 aliphatic heterocycles. The number of hydrogen-bond acceptors (Lipinski definition) is 4. The highest BCUT2D eigenvalue weighted by Crippen LogP contribution is 2.39. The molecule has 0 fully saturated rings. The van der Waals surface area contributed by atoms with E-state index in [4.69, 9.17) is 9.47 Å². The summed E-state index contributed by atoms with van der Waals surface area (Å²) in [6, 6.07) is 30.9. The zero-order valence-electron chi connectivity index (χ0n) is 21.7. The Morgan fingerprint density at radius 3 is 2.24 bits per heavy atom. The fourth-order valence-corrected chi connectivity index (χ4v) is 4.90. The van der Waals surface area contributed by atoms with Crippen LogP contribution in [0.3, 0.4) is 0 Å². The van der Waals surface area contributed by atoms with Crippen LogP contribution in [0.1, 0.15) is 57.7 Å². The average molecular weight is 506 g/mol. The average Bonchev–Trinajstić information content (AvgIpc) is 2.98. The number of methoxy groups -OCH3 is 1. The Hall–Kier alpha value is -4.38. The van der Waals surface area contributed by atoms with Gasteiger partial charge in [0, 0.05) is 11.3 Å². The van der Waals surface area contributed by atoms with Gasteiger partial charge in [0.1, 0.15) is 17.5 Å². The maximum Gasteiger partial charge on any atom is 0.259 e. The van der Waals surface area contributed by atoms with Crippen LogP contribution >= 0.6 is 0 Å². The number of carbonyl (C=O) groups is 2. The third kappa shape index (κ3) is 5.05. The second-order valence-corrected chi connectivity index (χ2v) is 9.43. The highest BCUT2D eigenvalue weighted by molar-refractivity contribution is 6.14. The van der Waals surface area contributed by atoms with Gasteiger partial charge in [-0.1, -0.05) is 67.9 Å². The molecule has 0 radical (unpaired) electrons. The van der Waals surface area contributed by atoms with E-state index >= 15 is 0 Å². The summed E-state index contributed by atoms with van der Waals surface area (Å²) in [4.78, 5) is 30.0. The third-order valence-corrected chi connectivity index (χ3v) is 6.96. The quantitative estimate of drug-likeness (QED) is 0.257. The highest BCUT2D eigenvalue weighted by atomic mass is 16.5. The molecule has 5 heteroatoms. The Morgan fingerprint density at radius 2 is 1.55 bits per heavy atom. The maximum absolute atomic E-state index is 14.2. The number of benzene rings is 4. The number of hydrogen-bond donors (Lipinski definition) is 0. The minimum absolute atomic E-state index is 0.155. The predicted octanol–water partition coefficient (Wildman–Crippen LogP) is 7.07. The number of amides is 1. The summed E-state index contributed by atoms with van der Waals surface area (Å²) in [5.41, 5.74) is 3.60. The summed E-state index contributed by atoms with van der Waals surface area (Å²) in [6.07, 6.45) is 2.49. The first-order chi connectivity index (χ1) is 18.6. The minimum atomic E-state index is -0.900. The van der Waals surface area contributed by atoms with Crippen LogP contribution in [-0.4, -0.2) is 24.8 Å². The number of ketones is 1. The Kier molecular flexibility index (Phi) is 7.55. The Balaban J connectivity index is 1.64. The van der Waals surface area contributed by atoms with Crippen molar-refractivity contribution in [2.75, 3.05) is 12.0 Å². The Labute approximate surface area is 223 Å². The van der Waals surface area contributed by atoms with Gasteiger partial charge in [0.2, 0.25) is 0 Å². The zero-order valence-corrected chi connectivity index (χ0v) is 21.7. The van der Waals surface area contributed by atoms with Crippen molar-refractivity contribution in [3.05, 3.63) is 125 Å². The molecule has 1 heterocycles. The van der Waals surface area contributed by atoms with Crippen LogP contribution in [0.4, 0.5) is 5.69 Å². The Morgan fingerprint density at radius 1 is 0.868 bits per heavy atom. The van der Waals surface area contributed by atoms with Gasteiger partial charge in [0.05, 0.1) is 12.7 Å². The molecule has 1 amide bonds. The molecule has 2 unspecified atom stereocenters. The molecular weight excluding hydrogens is 474 g/mol. The van der Waals surface area contributed by atoms with Crippen LogP contribution in [-0.2, 0) is 6.42 Å². The Bertz CT molecular complexity index is 1400. The molecular formula is C33H31NO4. The van der Waals surface area contributed by atoms with Gasteiger partial charge < -0.3 is 9.47 Å². The molecule has 1 aliphatic rings. The van der Waals surface area contributed by atoms with Gasteiger partial charge in [-0.2, -0.15) is 0 Å². The monoisotopic (exact) mass is 505 g/mol. The van der Waals surface area contributed by atoms with Gasteiger partial charge in [0.15, 0.2) is 11.9 Å². The number of para-hydroxylation sites is 1. The molecule has 4 aromatic rings. The molecule has 0 saturated heterocycles. The zero-order chi connectivity index (χ0) is 26.5. The van der Waals surface area contributed by atoms with E-state index in [0.29, 0.717) is 28.3 Å². The first-order valence-electron chi connectivity index (χ1n) is 13.0. The van der Waals surface area contributed by atoms with Gasteiger partial charge in [-0.05, 0) is 72.5 Å². The number of aryl methyl sites for hydroxylation is 1. The molecule has 0 saturated carbocycles. The van der Waals surface area contributed by atoms with E-state index in [-0.39, 0.29) is 11.7 Å². The molecule has 0 aromatic heterocycles. The number of unbranched alkanes of at least 4 members (excludes halogenated alkanes) is 1. The number of anilines is 1. The lowest BCUT2D eigenvalue weighted by Gasteiger charge is -2.39. The predicted molar refractivity (Wildman–Crippen MR) is 149 cm³/mol. The van der Waals surface area contributed by atoms with Crippen LogP contribution in [0, 0.1) is 0 Å². The molecule has 0 aliphatic carbocycles. The SMILES string of the molecule is CCCCc1ccc(N(C(=O)c2ccc(OC)cc2)C2C(=O)c3ccccc3OC2c2ccccc2)cc1. The van der Waals surface area contributed by atoms with E-state index < -0.39 is 12.1 Å². The number of nitrogens with zero attached hydrogens (tertiary/aromatic N) is 1. The van der Waals surface area contributed by atoms with E-state index in [1.165, 1.54) is 5.56 Å². The van der Waals surface area contributed by atoms with Gasteiger partial charge in [0.25, 0.3) is 5.91 Å². The van der Waals surface area contributed by atoms with Crippen molar-refractivity contribution in [1.29, 1.82) is 0 Å². The van der Waals surface area contributed by atoms with Crippen molar-refractivity contribution in [3.8, 4) is 11.5 Å². The molecule has 4 aromatic carbocycles. The fraction of sp³-hybridized carbons (Fsp3) is 0.212. The highest BCUT2D eigenvalue weighted by Gasteiger charge is 2.44. The van der Waals surface area contributed by atoms with Gasteiger partial charge >= 0.3 is 0 Å². The van der Waals surface area contributed by atoms with Crippen LogP contribution < -0.4 is 14.4 Å². The number of carbonyl (C=O) groups excluding carboxylic acids is 2. The van der Waals surface area contributed by atoms with Gasteiger partial charge in [-0.3, -0.25) is 14.5 Å². The van der Waals surface area contributed by atoms with Crippen LogP contribution in [0.25, 0.3) is 0 Å². The lowest BCUT2D eigenvalue weighted by atomic mass is 9.89. The number of rotatable bonds is 8. The fourth-order valence-electron chi connectivity index (χ4n) is 4.90. The number of Topliss-reactive ketones (excluding diaryl/α,β-unsaturated/α-hetero) is 1. The second-order valence-electron chi connectivity index (χ2n) is 9.43. The number of ether oxygens (including phenoxy) is 2. The van der Waals surface area contributed by atoms with Gasteiger partial charge in [-0.25, -0.2) is 0 Å². The molecule has 2 atom stereocenters. The summed E-state index contributed by atoms with van der Waals surface area (Å²) in [5.74, 6) is 0.741. The summed E-state index contributed by atoms with van der Waals surface area (Å²) < 4.78 is 11.8. The van der Waals surface area contributed by atoms with Crippen molar-refractivity contribution >= 4 is 17.4 Å². The summed E-state index contributed by atoms with van der Waals surface area (Å²) >= 11 is 0. The van der Waals surface area contributed by atoms with E-state index in [0.717, 1.165) is 24.8 Å². The van der Waals surface area contributed by atoms with E-state index in [1.807, 2.05) is 66.7 Å². The lowest BCUT2D eigenvalue weighted by molar-refractivity contribution is 0.0730. The van der Waals surface area contributed by atoms with Crippen molar-refractivity contribution in [3.63, 3.8) is 0 Å². The minimum Gasteiger partial charge on any atom is -0.497 e. The van der Waals surface area contributed by atoms with Gasteiger partial charge in [-0.15, -0.1) is 0 Å². The third-order valence-electron chi connectivity index (χ3n) is 6.96. The number of fused-ring (bicyclic) bond motifs is 1. The summed E-state index contributed by atoms with van der Waals surface area (Å²) in [6.45, 7) is 2.17. The molecule has 0 bridgehead atoms. The molecule has 0 N–H and O–H groups in total. The first-order valence-corrected chi connectivity index (χ1v) is 13.0. The van der Waals surface area contributed by atoms with Crippen LogP contribution in [0.5, 0.6) is 11.5 Å². The normalized spacial score (nSPS) is 16.3. The molecule has 0 spiro atoms. The van der Waals surface area contributed by atoms with Crippen molar-refractivity contribution < 1.29 is 19.1 Å². The van der Waals surface area contributed by atoms with Crippen LogP contribution in [0.2, 0.25) is 0 Å². The maximum atomic E-state index is 14.2. The standard InChI is InChI=1S/C33H31NO4/c1-3-4-10-23-15-19-26(20-16-23)34(33(36)25-17-21-27(37-2)22-18-25)30-31(35)28-13-8-9-14-29(28)38-32(30)24-11-6-5-7-12-24/h5-9,11-22,30,32H,3-4,10H2,1-2H3. The largest absolute Gasteiger partial charge is 0.497 e. The first kappa shape index (κ1) is 25.3. The second kappa shape index (κ2) is 11.3. The molecule has 5 nitrogen and oxygen atoms in total. The topological polar surface area (TPSA) is 55.8 Å². The summed E-state index contributed by atoms with van der Waals surface area (Å²) in [5, 5.41) is 0. The molecule has 5 rings (SSSR count). The van der Waals surface area contributed by atoms with E-state index in [9.17, 15) is 9.59 Å².